The van der Waals surface area contributed by atoms with E-state index in [1.165, 1.54) is 0 Å². The van der Waals surface area contributed by atoms with Crippen LogP contribution < -0.4 is 5.56 Å². The minimum atomic E-state index is -0.318. The average Bonchev–Trinajstić information content (AvgIpc) is 2.65. The molecule has 0 unspecified atom stereocenters. The summed E-state index contributed by atoms with van der Waals surface area (Å²) in [5.41, 5.74) is 3.75. The van der Waals surface area contributed by atoms with Gasteiger partial charge in [-0.15, -0.1) is 0 Å². The fourth-order valence-electron chi connectivity index (χ4n) is 2.04. The molecular formula is C12H7N3O. The molecule has 0 aliphatic heterocycles. The van der Waals surface area contributed by atoms with Crippen LogP contribution in [-0.4, -0.2) is 9.97 Å². The highest BCUT2D eigenvalue weighted by atomic mass is 16.1. The first kappa shape index (κ1) is 8.86. The van der Waals surface area contributed by atoms with Crippen LogP contribution in [-0.2, 0) is 6.42 Å². The lowest BCUT2D eigenvalue weighted by molar-refractivity contribution is 1.08. The number of pyridine rings is 2. The van der Waals surface area contributed by atoms with E-state index in [0.29, 0.717) is 6.42 Å². The molecule has 0 saturated carbocycles. The zero-order valence-electron chi connectivity index (χ0n) is 8.32. The van der Waals surface area contributed by atoms with Crippen LogP contribution in [0.1, 0.15) is 16.8 Å². The fourth-order valence-corrected chi connectivity index (χ4v) is 2.04. The molecule has 4 heteroatoms. The predicted molar refractivity (Wildman–Crippen MR) is 57.8 cm³/mol. The van der Waals surface area contributed by atoms with Gasteiger partial charge >= 0.3 is 0 Å². The molecule has 0 saturated heterocycles. The van der Waals surface area contributed by atoms with Gasteiger partial charge in [-0.05, 0) is 17.7 Å². The number of fused-ring (bicyclic) bond motifs is 3. The standard InChI is InChI=1S/C12H7N3O/c13-5-8-3-9-10-6-14-2-1-7(10)4-11(9)15-12(8)16/h1-3,6H,4H2,(H,15,16). The minimum Gasteiger partial charge on any atom is -0.324 e. The molecule has 0 spiro atoms. The maximum Gasteiger partial charge on any atom is 0.266 e. The third-order valence-electron chi connectivity index (χ3n) is 2.81. The lowest BCUT2D eigenvalue weighted by Crippen LogP contribution is -2.11. The van der Waals surface area contributed by atoms with E-state index in [2.05, 4.69) is 9.97 Å². The van der Waals surface area contributed by atoms with Gasteiger partial charge in [-0.2, -0.15) is 5.26 Å². The molecule has 1 aliphatic carbocycles. The minimum absolute atomic E-state index is 0.149. The molecule has 1 aliphatic rings. The van der Waals surface area contributed by atoms with Gasteiger partial charge in [0.25, 0.3) is 5.56 Å². The van der Waals surface area contributed by atoms with Crippen molar-refractivity contribution >= 4 is 0 Å². The zero-order valence-corrected chi connectivity index (χ0v) is 8.32. The van der Waals surface area contributed by atoms with E-state index in [1.807, 2.05) is 12.1 Å². The molecule has 3 rings (SSSR count). The van der Waals surface area contributed by atoms with Crippen molar-refractivity contribution in [3.05, 3.63) is 51.7 Å². The van der Waals surface area contributed by atoms with Gasteiger partial charge in [0.15, 0.2) is 0 Å². The summed E-state index contributed by atoms with van der Waals surface area (Å²) in [5, 5.41) is 8.81. The Hall–Kier alpha value is -2.41. The smallest absolute Gasteiger partial charge is 0.266 e. The number of H-pyrrole nitrogens is 1. The molecule has 0 radical (unpaired) electrons. The molecule has 0 amide bonds. The molecular weight excluding hydrogens is 202 g/mol. The monoisotopic (exact) mass is 209 g/mol. The number of aromatic amines is 1. The maximum atomic E-state index is 11.5. The van der Waals surface area contributed by atoms with Gasteiger partial charge in [0.05, 0.1) is 0 Å². The molecule has 0 fully saturated rings. The Kier molecular flexibility index (Phi) is 1.68. The third kappa shape index (κ3) is 1.09. The number of rotatable bonds is 0. The topological polar surface area (TPSA) is 69.5 Å². The number of aromatic nitrogens is 2. The van der Waals surface area contributed by atoms with E-state index >= 15 is 0 Å². The largest absolute Gasteiger partial charge is 0.324 e. The van der Waals surface area contributed by atoms with Crippen LogP contribution in [0, 0.1) is 11.3 Å². The SMILES string of the molecule is N#Cc1cc2c([nH]c1=O)Cc1ccncc1-2. The number of nitrogens with one attached hydrogen (secondary N) is 1. The Labute approximate surface area is 91.2 Å². The van der Waals surface area contributed by atoms with Crippen LogP contribution in [0.5, 0.6) is 0 Å². The molecule has 0 aromatic carbocycles. The molecule has 2 aromatic rings. The van der Waals surface area contributed by atoms with Gasteiger partial charge < -0.3 is 4.98 Å². The van der Waals surface area contributed by atoms with E-state index < -0.39 is 0 Å². The maximum absolute atomic E-state index is 11.5. The number of hydrogen-bond acceptors (Lipinski definition) is 3. The molecule has 1 N–H and O–H groups in total. The molecule has 2 aromatic heterocycles. The summed E-state index contributed by atoms with van der Waals surface area (Å²) >= 11 is 0. The van der Waals surface area contributed by atoms with Crippen LogP contribution >= 0.6 is 0 Å². The number of nitriles is 1. The van der Waals surface area contributed by atoms with Gasteiger partial charge in [0.2, 0.25) is 0 Å². The van der Waals surface area contributed by atoms with Crippen molar-refractivity contribution in [3.8, 4) is 17.2 Å². The Morgan fingerprint density at radius 3 is 3.12 bits per heavy atom. The van der Waals surface area contributed by atoms with Crippen molar-refractivity contribution in [1.29, 1.82) is 5.26 Å². The molecule has 0 atom stereocenters. The fraction of sp³-hybridized carbons (Fsp3) is 0.0833. The van der Waals surface area contributed by atoms with Crippen LogP contribution in [0.25, 0.3) is 11.1 Å². The van der Waals surface area contributed by atoms with Crippen LogP contribution in [0.15, 0.2) is 29.3 Å². The summed E-state index contributed by atoms with van der Waals surface area (Å²) in [6, 6.07) is 5.46. The van der Waals surface area contributed by atoms with Gasteiger partial charge in [0.1, 0.15) is 11.6 Å². The Balaban J connectivity index is 2.33. The van der Waals surface area contributed by atoms with E-state index in [9.17, 15) is 4.79 Å². The van der Waals surface area contributed by atoms with Crippen molar-refractivity contribution in [2.75, 3.05) is 0 Å². The summed E-state index contributed by atoms with van der Waals surface area (Å²) < 4.78 is 0. The second-order valence-corrected chi connectivity index (χ2v) is 3.73. The Morgan fingerprint density at radius 2 is 2.31 bits per heavy atom. The zero-order chi connectivity index (χ0) is 11.1. The Bertz CT molecular complexity index is 679. The quantitative estimate of drug-likeness (QED) is 0.605. The highest BCUT2D eigenvalue weighted by molar-refractivity contribution is 5.75. The average molecular weight is 209 g/mol. The highest BCUT2D eigenvalue weighted by Gasteiger charge is 2.20. The summed E-state index contributed by atoms with van der Waals surface area (Å²) in [6.45, 7) is 0. The molecule has 2 heterocycles. The second kappa shape index (κ2) is 3.04. The first-order chi connectivity index (χ1) is 7.79. The van der Waals surface area contributed by atoms with E-state index in [-0.39, 0.29) is 11.1 Å². The first-order valence-electron chi connectivity index (χ1n) is 4.89. The highest BCUT2D eigenvalue weighted by Crippen LogP contribution is 2.33. The number of hydrogen-bond donors (Lipinski definition) is 1. The summed E-state index contributed by atoms with van der Waals surface area (Å²) in [7, 11) is 0. The molecule has 16 heavy (non-hydrogen) atoms. The van der Waals surface area contributed by atoms with Crippen molar-refractivity contribution in [2.24, 2.45) is 0 Å². The van der Waals surface area contributed by atoms with Crippen molar-refractivity contribution in [3.63, 3.8) is 0 Å². The lowest BCUT2D eigenvalue weighted by atomic mass is 10.1. The second-order valence-electron chi connectivity index (χ2n) is 3.73. The van der Waals surface area contributed by atoms with Gasteiger partial charge in [-0.1, -0.05) is 0 Å². The third-order valence-corrected chi connectivity index (χ3v) is 2.81. The molecule has 0 bridgehead atoms. The normalized spacial score (nSPS) is 11.7. The van der Waals surface area contributed by atoms with Gasteiger partial charge in [-0.3, -0.25) is 9.78 Å². The van der Waals surface area contributed by atoms with Crippen molar-refractivity contribution < 1.29 is 0 Å². The van der Waals surface area contributed by atoms with E-state index in [1.54, 1.807) is 18.5 Å². The summed E-state index contributed by atoms with van der Waals surface area (Å²) in [6.07, 6.45) is 4.20. The van der Waals surface area contributed by atoms with Crippen LogP contribution in [0.3, 0.4) is 0 Å². The molecule has 76 valence electrons. The van der Waals surface area contributed by atoms with E-state index in [0.717, 1.165) is 22.4 Å². The van der Waals surface area contributed by atoms with Crippen molar-refractivity contribution in [2.45, 2.75) is 6.42 Å². The van der Waals surface area contributed by atoms with Crippen LogP contribution in [0.4, 0.5) is 0 Å². The van der Waals surface area contributed by atoms with Gasteiger partial charge in [0, 0.05) is 35.6 Å². The van der Waals surface area contributed by atoms with Crippen molar-refractivity contribution in [1.82, 2.24) is 9.97 Å². The van der Waals surface area contributed by atoms with E-state index in [4.69, 9.17) is 5.26 Å². The van der Waals surface area contributed by atoms with Crippen LogP contribution in [0.2, 0.25) is 0 Å². The Morgan fingerprint density at radius 1 is 1.44 bits per heavy atom. The predicted octanol–water partition coefficient (Wildman–Crippen LogP) is 1.21. The number of nitrogens with zero attached hydrogens (tertiary/aromatic N) is 2. The molecule has 4 nitrogen and oxygen atoms in total. The lowest BCUT2D eigenvalue weighted by Gasteiger charge is -1.99. The first-order valence-corrected chi connectivity index (χ1v) is 4.89. The summed E-state index contributed by atoms with van der Waals surface area (Å²) in [5.74, 6) is 0. The summed E-state index contributed by atoms with van der Waals surface area (Å²) in [4.78, 5) is 18.3. The van der Waals surface area contributed by atoms with Gasteiger partial charge in [-0.25, -0.2) is 0 Å².